The van der Waals surface area contributed by atoms with E-state index in [-0.39, 0.29) is 11.3 Å². The average molecular weight is 526 g/mol. The summed E-state index contributed by atoms with van der Waals surface area (Å²) < 4.78 is 0. The van der Waals surface area contributed by atoms with E-state index in [1.54, 1.807) is 0 Å². The van der Waals surface area contributed by atoms with E-state index in [0.717, 1.165) is 59.8 Å². The quantitative estimate of drug-likeness (QED) is 0.263. The zero-order chi connectivity index (χ0) is 27.0. The van der Waals surface area contributed by atoms with Gasteiger partial charge in [0.15, 0.2) is 0 Å². The number of carbonyl (C=O) groups is 2. The number of para-hydroxylation sites is 1. The Morgan fingerprint density at radius 2 is 1.84 bits per heavy atom. The van der Waals surface area contributed by atoms with Crippen molar-refractivity contribution in [1.82, 2.24) is 4.98 Å². The van der Waals surface area contributed by atoms with Crippen LogP contribution in [0, 0.1) is 11.3 Å². The molecule has 1 atom stereocenters. The molecule has 1 aliphatic carbocycles. The number of primary amides is 1. The number of anilines is 1. The van der Waals surface area contributed by atoms with E-state index in [0.29, 0.717) is 22.0 Å². The van der Waals surface area contributed by atoms with Crippen molar-refractivity contribution in [3.8, 4) is 11.3 Å². The molecule has 0 radical (unpaired) electrons. The average Bonchev–Trinajstić information content (AvgIpc) is 3.29. The molecule has 0 spiro atoms. The molecule has 0 unspecified atom stereocenters. The van der Waals surface area contributed by atoms with Crippen LogP contribution in [0.25, 0.3) is 22.2 Å². The lowest BCUT2D eigenvalue weighted by Gasteiger charge is -2.36. The van der Waals surface area contributed by atoms with Crippen molar-refractivity contribution in [3.63, 3.8) is 0 Å². The monoisotopic (exact) mass is 525 g/mol. The lowest BCUT2D eigenvalue weighted by atomic mass is 9.69. The molecule has 3 N–H and O–H groups in total. The van der Waals surface area contributed by atoms with Gasteiger partial charge >= 0.3 is 0 Å². The molecule has 6 heteroatoms. The van der Waals surface area contributed by atoms with Gasteiger partial charge in [-0.25, -0.2) is 4.98 Å². The number of hydrogen-bond acceptors (Lipinski definition) is 4. The smallest absolute Gasteiger partial charge is 0.257 e. The van der Waals surface area contributed by atoms with E-state index < -0.39 is 5.91 Å². The predicted octanol–water partition coefficient (Wildman–Crippen LogP) is 7.42. The van der Waals surface area contributed by atoms with Gasteiger partial charge in [0.2, 0.25) is 0 Å². The number of aryl methyl sites for hydroxylation is 1. The fraction of sp³-hybridized carbons (Fsp3) is 0.344. The Morgan fingerprint density at radius 1 is 1.11 bits per heavy atom. The van der Waals surface area contributed by atoms with Gasteiger partial charge in [-0.3, -0.25) is 9.59 Å². The molecule has 196 valence electrons. The van der Waals surface area contributed by atoms with Crippen molar-refractivity contribution in [2.45, 2.75) is 59.8 Å². The molecule has 0 saturated heterocycles. The van der Waals surface area contributed by atoms with Crippen molar-refractivity contribution in [1.29, 1.82) is 0 Å². The van der Waals surface area contributed by atoms with E-state index in [1.165, 1.54) is 21.8 Å². The highest BCUT2D eigenvalue weighted by Gasteiger charge is 2.35. The van der Waals surface area contributed by atoms with E-state index in [4.69, 9.17) is 10.7 Å². The SMILES string of the molecule is CCc1ccc(-c2cc(C(=O)Nc3sc4c(c3C(N)=O)CC[C@H](C(C)(C)CC)C4)c3ccccc3n2)cc1. The van der Waals surface area contributed by atoms with Crippen LogP contribution in [0.2, 0.25) is 0 Å². The summed E-state index contributed by atoms with van der Waals surface area (Å²) in [6.07, 6.45) is 4.80. The molecule has 2 amide bonds. The maximum Gasteiger partial charge on any atom is 0.257 e. The minimum atomic E-state index is -0.484. The van der Waals surface area contributed by atoms with Crippen LogP contribution in [0.5, 0.6) is 0 Å². The number of carbonyl (C=O) groups excluding carboxylic acids is 2. The van der Waals surface area contributed by atoms with Crippen LogP contribution in [-0.2, 0) is 19.3 Å². The van der Waals surface area contributed by atoms with Gasteiger partial charge in [-0.05, 0) is 60.3 Å². The third-order valence-electron chi connectivity index (χ3n) is 8.37. The Hall–Kier alpha value is -3.51. The summed E-state index contributed by atoms with van der Waals surface area (Å²) in [6, 6.07) is 17.8. The Balaban J connectivity index is 1.53. The zero-order valence-corrected chi connectivity index (χ0v) is 23.4. The van der Waals surface area contributed by atoms with E-state index in [9.17, 15) is 9.59 Å². The van der Waals surface area contributed by atoms with Crippen molar-refractivity contribution in [2.24, 2.45) is 17.1 Å². The first-order valence-electron chi connectivity index (χ1n) is 13.5. The summed E-state index contributed by atoms with van der Waals surface area (Å²) in [5, 5.41) is 4.40. The lowest BCUT2D eigenvalue weighted by Crippen LogP contribution is -2.29. The van der Waals surface area contributed by atoms with Gasteiger partial charge < -0.3 is 11.1 Å². The molecule has 0 fully saturated rings. The molecule has 2 aromatic carbocycles. The molecule has 0 bridgehead atoms. The summed E-state index contributed by atoms with van der Waals surface area (Å²) >= 11 is 1.51. The van der Waals surface area contributed by atoms with Crippen LogP contribution in [0.4, 0.5) is 5.00 Å². The molecular formula is C32H35N3O2S. The maximum atomic E-state index is 13.8. The second-order valence-electron chi connectivity index (χ2n) is 10.9. The minimum absolute atomic E-state index is 0.222. The number of fused-ring (bicyclic) bond motifs is 2. The molecule has 1 aliphatic rings. The normalized spacial score (nSPS) is 15.3. The van der Waals surface area contributed by atoms with Crippen molar-refractivity contribution >= 4 is 39.1 Å². The number of nitrogens with two attached hydrogens (primary N) is 1. The van der Waals surface area contributed by atoms with Gasteiger partial charge in [-0.1, -0.05) is 76.6 Å². The number of pyridine rings is 1. The van der Waals surface area contributed by atoms with Crippen LogP contribution in [0.1, 0.15) is 77.3 Å². The second kappa shape index (κ2) is 10.3. The lowest BCUT2D eigenvalue weighted by molar-refractivity contribution is 0.0999. The van der Waals surface area contributed by atoms with Gasteiger partial charge in [0.25, 0.3) is 11.8 Å². The highest BCUT2D eigenvalue weighted by atomic mass is 32.1. The molecule has 0 aliphatic heterocycles. The zero-order valence-electron chi connectivity index (χ0n) is 22.6. The summed E-state index contributed by atoms with van der Waals surface area (Å²) in [5.74, 6) is -0.211. The third-order valence-corrected chi connectivity index (χ3v) is 9.54. The topological polar surface area (TPSA) is 85.1 Å². The fourth-order valence-corrected chi connectivity index (χ4v) is 6.81. The molecule has 5 rings (SSSR count). The number of aromatic nitrogens is 1. The standard InChI is InChI=1S/C32H35N3O2S/c1-5-19-11-13-20(14-12-19)26-18-24(22-9-7-8-10-25(22)34-26)30(37)35-31-28(29(33)36)23-16-15-21(17-27(23)38-31)32(3,4)6-2/h7-14,18,21H,5-6,15-17H2,1-4H3,(H2,33,36)(H,35,37)/t21-/m0/s1. The van der Waals surface area contributed by atoms with Crippen molar-refractivity contribution in [3.05, 3.63) is 81.7 Å². The summed E-state index contributed by atoms with van der Waals surface area (Å²) in [6.45, 7) is 8.99. The molecule has 38 heavy (non-hydrogen) atoms. The first-order valence-corrected chi connectivity index (χ1v) is 14.3. The van der Waals surface area contributed by atoms with Crippen LogP contribution < -0.4 is 11.1 Å². The predicted molar refractivity (Wildman–Crippen MR) is 157 cm³/mol. The number of hydrogen-bond donors (Lipinski definition) is 2. The van der Waals surface area contributed by atoms with Crippen LogP contribution in [-0.4, -0.2) is 16.8 Å². The molecule has 4 aromatic rings. The summed E-state index contributed by atoms with van der Waals surface area (Å²) in [4.78, 5) is 32.4. The van der Waals surface area contributed by atoms with Gasteiger partial charge in [0, 0.05) is 15.8 Å². The second-order valence-corrected chi connectivity index (χ2v) is 12.0. The summed E-state index contributed by atoms with van der Waals surface area (Å²) in [5.41, 5.74) is 11.8. The Morgan fingerprint density at radius 3 is 2.53 bits per heavy atom. The van der Waals surface area contributed by atoms with Gasteiger partial charge in [-0.15, -0.1) is 11.3 Å². The number of thiophene rings is 1. The van der Waals surface area contributed by atoms with E-state index >= 15 is 0 Å². The fourth-order valence-electron chi connectivity index (χ4n) is 5.48. The molecule has 2 aromatic heterocycles. The molecule has 2 heterocycles. The number of amides is 2. The van der Waals surface area contributed by atoms with Gasteiger partial charge in [0.05, 0.1) is 22.3 Å². The number of benzene rings is 2. The highest BCUT2D eigenvalue weighted by Crippen LogP contribution is 2.45. The van der Waals surface area contributed by atoms with E-state index in [2.05, 4.69) is 45.1 Å². The van der Waals surface area contributed by atoms with Crippen LogP contribution >= 0.6 is 11.3 Å². The Kier molecular flexibility index (Phi) is 7.10. The third kappa shape index (κ3) is 4.85. The van der Waals surface area contributed by atoms with Crippen LogP contribution in [0.15, 0.2) is 54.6 Å². The first-order chi connectivity index (χ1) is 18.2. The van der Waals surface area contributed by atoms with Crippen LogP contribution in [0.3, 0.4) is 0 Å². The van der Waals surface area contributed by atoms with Crippen molar-refractivity contribution < 1.29 is 9.59 Å². The largest absolute Gasteiger partial charge is 0.365 e. The van der Waals surface area contributed by atoms with Crippen molar-refractivity contribution in [2.75, 3.05) is 5.32 Å². The Labute approximate surface area is 228 Å². The van der Waals surface area contributed by atoms with Gasteiger partial charge in [-0.2, -0.15) is 0 Å². The highest BCUT2D eigenvalue weighted by molar-refractivity contribution is 7.17. The molecule has 0 saturated carbocycles. The van der Waals surface area contributed by atoms with Gasteiger partial charge in [0.1, 0.15) is 5.00 Å². The van der Waals surface area contributed by atoms with E-state index in [1.807, 2.05) is 42.5 Å². The number of rotatable bonds is 7. The first kappa shape index (κ1) is 26.1. The Bertz CT molecular complexity index is 1520. The summed E-state index contributed by atoms with van der Waals surface area (Å²) in [7, 11) is 0. The number of nitrogens with one attached hydrogen (secondary N) is 1. The maximum absolute atomic E-state index is 13.8. The number of nitrogens with zero attached hydrogens (tertiary/aromatic N) is 1. The molecule has 5 nitrogen and oxygen atoms in total. The molecular weight excluding hydrogens is 490 g/mol. The minimum Gasteiger partial charge on any atom is -0.365 e.